The van der Waals surface area contributed by atoms with Crippen molar-refractivity contribution in [3.63, 3.8) is 0 Å². The number of hydrogen-bond acceptors (Lipinski definition) is 7. The molecule has 0 aliphatic rings. The molecule has 10 nitrogen and oxygen atoms in total. The average molecular weight is 552 g/mol. The van der Waals surface area contributed by atoms with E-state index in [-0.39, 0.29) is 38.4 Å². The molecule has 166 valence electrons. The van der Waals surface area contributed by atoms with Gasteiger partial charge in [0.1, 0.15) is 23.2 Å². The van der Waals surface area contributed by atoms with E-state index in [1.807, 2.05) is 0 Å². The van der Waals surface area contributed by atoms with Crippen molar-refractivity contribution in [1.82, 2.24) is 0 Å². The predicted octanol–water partition coefficient (Wildman–Crippen LogP) is 6.38. The van der Waals surface area contributed by atoms with Crippen LogP contribution >= 0.6 is 39.1 Å². The van der Waals surface area contributed by atoms with E-state index in [2.05, 4.69) is 21.2 Å². The standard InChI is InChI=1S/C20H9BrCl2N4O6/c21-15-6-11(26(29)30)1-3-14(15)18-4-2-13(33-18)5-10(9-24)20(28)25-19-16(22)7-12(27(31)32)8-17(19)23/h1-8H,(H,25,28)/b10-5+. The van der Waals surface area contributed by atoms with Crippen LogP contribution in [-0.2, 0) is 4.79 Å². The number of amides is 1. The molecule has 0 unspecified atom stereocenters. The number of nitrogens with one attached hydrogen (secondary N) is 1. The zero-order valence-corrected chi connectivity index (χ0v) is 19.1. The van der Waals surface area contributed by atoms with E-state index in [4.69, 9.17) is 27.6 Å². The van der Waals surface area contributed by atoms with Gasteiger partial charge in [0.05, 0.1) is 25.6 Å². The van der Waals surface area contributed by atoms with Crippen molar-refractivity contribution < 1.29 is 19.1 Å². The highest BCUT2D eigenvalue weighted by Gasteiger charge is 2.19. The van der Waals surface area contributed by atoms with Gasteiger partial charge < -0.3 is 9.73 Å². The largest absolute Gasteiger partial charge is 0.457 e. The van der Waals surface area contributed by atoms with Crippen molar-refractivity contribution in [3.05, 3.63) is 88.5 Å². The van der Waals surface area contributed by atoms with E-state index >= 15 is 0 Å². The molecule has 0 radical (unpaired) electrons. The quantitative estimate of drug-likeness (QED) is 0.161. The van der Waals surface area contributed by atoms with Crippen LogP contribution in [0.15, 0.2) is 56.9 Å². The van der Waals surface area contributed by atoms with E-state index in [9.17, 15) is 30.3 Å². The van der Waals surface area contributed by atoms with E-state index in [1.54, 1.807) is 12.1 Å². The minimum Gasteiger partial charge on any atom is -0.457 e. The number of nitro groups is 2. The molecule has 1 N–H and O–H groups in total. The van der Waals surface area contributed by atoms with E-state index < -0.39 is 15.8 Å². The summed E-state index contributed by atoms with van der Waals surface area (Å²) in [5.41, 5.74) is -0.397. The van der Waals surface area contributed by atoms with Gasteiger partial charge in [0, 0.05) is 40.4 Å². The van der Waals surface area contributed by atoms with Gasteiger partial charge in [-0.25, -0.2) is 0 Å². The topological polar surface area (TPSA) is 152 Å². The lowest BCUT2D eigenvalue weighted by Gasteiger charge is -2.08. The molecule has 0 atom stereocenters. The van der Waals surface area contributed by atoms with Crippen LogP contribution in [0.1, 0.15) is 5.76 Å². The molecule has 1 heterocycles. The molecule has 0 aliphatic heterocycles. The third kappa shape index (κ3) is 5.38. The van der Waals surface area contributed by atoms with Gasteiger partial charge >= 0.3 is 0 Å². The number of rotatable bonds is 6. The summed E-state index contributed by atoms with van der Waals surface area (Å²) in [7, 11) is 0. The highest BCUT2D eigenvalue weighted by atomic mass is 79.9. The van der Waals surface area contributed by atoms with Crippen LogP contribution in [0.25, 0.3) is 17.4 Å². The third-order valence-corrected chi connectivity index (χ3v) is 5.44. The number of non-ortho nitro benzene ring substituents is 2. The molecule has 33 heavy (non-hydrogen) atoms. The Balaban J connectivity index is 1.86. The summed E-state index contributed by atoms with van der Waals surface area (Å²) < 4.78 is 6.06. The number of anilines is 1. The van der Waals surface area contributed by atoms with Gasteiger partial charge in [-0.15, -0.1) is 0 Å². The summed E-state index contributed by atoms with van der Waals surface area (Å²) in [6, 6.07) is 10.9. The summed E-state index contributed by atoms with van der Waals surface area (Å²) in [5.74, 6) is -0.380. The maximum Gasteiger partial charge on any atom is 0.272 e. The number of nitriles is 1. The van der Waals surface area contributed by atoms with Crippen molar-refractivity contribution in [2.24, 2.45) is 0 Å². The second-order valence-corrected chi connectivity index (χ2v) is 7.96. The Kier molecular flexibility index (Phi) is 7.13. The van der Waals surface area contributed by atoms with Crippen LogP contribution in [-0.4, -0.2) is 15.8 Å². The maximum absolute atomic E-state index is 12.5. The Morgan fingerprint density at radius 3 is 2.24 bits per heavy atom. The minimum atomic E-state index is -0.871. The van der Waals surface area contributed by atoms with Crippen LogP contribution in [0.3, 0.4) is 0 Å². The van der Waals surface area contributed by atoms with Crippen molar-refractivity contribution in [1.29, 1.82) is 5.26 Å². The summed E-state index contributed by atoms with van der Waals surface area (Å²) >= 11 is 15.2. The lowest BCUT2D eigenvalue weighted by atomic mass is 10.1. The van der Waals surface area contributed by atoms with Crippen LogP contribution in [0.2, 0.25) is 10.0 Å². The zero-order chi connectivity index (χ0) is 24.3. The number of nitrogens with zero attached hydrogens (tertiary/aromatic N) is 3. The first-order valence-corrected chi connectivity index (χ1v) is 10.3. The molecule has 2 aromatic carbocycles. The molecule has 3 aromatic rings. The fourth-order valence-electron chi connectivity index (χ4n) is 2.65. The van der Waals surface area contributed by atoms with E-state index in [1.165, 1.54) is 30.3 Å². The molecule has 0 spiro atoms. The maximum atomic E-state index is 12.5. The lowest BCUT2D eigenvalue weighted by Crippen LogP contribution is -2.14. The average Bonchev–Trinajstić information content (AvgIpc) is 3.22. The van der Waals surface area contributed by atoms with Gasteiger partial charge in [-0.3, -0.25) is 25.0 Å². The number of carbonyl (C=O) groups excluding carboxylic acids is 1. The summed E-state index contributed by atoms with van der Waals surface area (Å²) in [4.78, 5) is 33.1. The first kappa shape index (κ1) is 23.9. The van der Waals surface area contributed by atoms with Gasteiger partial charge in [0.15, 0.2) is 0 Å². The first-order chi connectivity index (χ1) is 15.6. The van der Waals surface area contributed by atoms with Gasteiger partial charge in [-0.2, -0.15) is 5.26 Å². The Labute approximate surface area is 203 Å². The highest BCUT2D eigenvalue weighted by molar-refractivity contribution is 9.10. The van der Waals surface area contributed by atoms with Crippen LogP contribution in [0.5, 0.6) is 0 Å². The Hall–Kier alpha value is -3.72. The van der Waals surface area contributed by atoms with Crippen molar-refractivity contribution in [2.75, 3.05) is 5.32 Å². The molecule has 13 heteroatoms. The fraction of sp³-hybridized carbons (Fsp3) is 0. The molecular weight excluding hydrogens is 543 g/mol. The number of nitro benzene ring substituents is 2. The first-order valence-electron chi connectivity index (χ1n) is 8.71. The SMILES string of the molecule is N#C/C(=C\c1ccc(-c2ccc([N+](=O)[O-])cc2Br)o1)C(=O)Nc1c(Cl)cc([N+](=O)[O-])cc1Cl. The normalized spacial score (nSPS) is 11.0. The minimum absolute atomic E-state index is 0.0926. The van der Waals surface area contributed by atoms with Gasteiger partial charge in [-0.1, -0.05) is 23.2 Å². The lowest BCUT2D eigenvalue weighted by molar-refractivity contribution is -0.385. The zero-order valence-electron chi connectivity index (χ0n) is 16.0. The number of halogens is 3. The summed E-state index contributed by atoms with van der Waals surface area (Å²) in [6.07, 6.45) is 1.17. The Morgan fingerprint density at radius 1 is 1.06 bits per heavy atom. The Bertz CT molecular complexity index is 1360. The van der Waals surface area contributed by atoms with Crippen LogP contribution in [0.4, 0.5) is 17.1 Å². The van der Waals surface area contributed by atoms with Crippen molar-refractivity contribution in [2.45, 2.75) is 0 Å². The number of benzene rings is 2. The number of hydrogen-bond donors (Lipinski definition) is 1. The highest BCUT2D eigenvalue weighted by Crippen LogP contribution is 2.35. The third-order valence-electron chi connectivity index (χ3n) is 4.18. The van der Waals surface area contributed by atoms with Gasteiger partial charge in [0.25, 0.3) is 17.3 Å². The summed E-state index contributed by atoms with van der Waals surface area (Å²) in [6.45, 7) is 0. The Morgan fingerprint density at radius 2 is 1.70 bits per heavy atom. The second kappa shape index (κ2) is 9.83. The monoisotopic (exact) mass is 550 g/mol. The molecule has 0 aliphatic carbocycles. The van der Waals surface area contributed by atoms with E-state index in [0.29, 0.717) is 15.8 Å². The van der Waals surface area contributed by atoms with Crippen molar-refractivity contribution in [3.8, 4) is 17.4 Å². The van der Waals surface area contributed by atoms with Gasteiger partial charge in [-0.05, 0) is 34.1 Å². The fourth-order valence-corrected chi connectivity index (χ4v) is 3.78. The molecule has 1 aromatic heterocycles. The molecule has 0 bridgehead atoms. The summed E-state index contributed by atoms with van der Waals surface area (Å²) in [5, 5.41) is 33.1. The molecule has 0 saturated heterocycles. The number of carbonyl (C=O) groups is 1. The molecule has 0 saturated carbocycles. The second-order valence-electron chi connectivity index (χ2n) is 6.29. The predicted molar refractivity (Wildman–Crippen MR) is 124 cm³/mol. The van der Waals surface area contributed by atoms with Crippen LogP contribution in [0, 0.1) is 31.6 Å². The molecule has 1 amide bonds. The van der Waals surface area contributed by atoms with E-state index in [0.717, 1.165) is 12.1 Å². The number of furan rings is 1. The molecule has 3 rings (SSSR count). The molecular formula is C20H9BrCl2N4O6. The smallest absolute Gasteiger partial charge is 0.272 e. The van der Waals surface area contributed by atoms with Gasteiger partial charge in [0.2, 0.25) is 0 Å². The van der Waals surface area contributed by atoms with Crippen molar-refractivity contribution >= 4 is 68.2 Å². The van der Waals surface area contributed by atoms with Crippen LogP contribution < -0.4 is 5.32 Å². The molecule has 0 fully saturated rings.